The van der Waals surface area contributed by atoms with Crippen molar-refractivity contribution >= 4 is 23.7 Å². The highest BCUT2D eigenvalue weighted by Gasteiger charge is 2.10. The van der Waals surface area contributed by atoms with Gasteiger partial charge in [0.2, 0.25) is 0 Å². The standard InChI is InChI=1S/C16H15ClN2O4/c1-22-14-7-10(6-13(17)15(14)23-2)9-18-19-16(21)11-4-3-5-12(20)8-11/h3-9,20H,1-2H3,(H,19,21). The molecule has 0 saturated carbocycles. The van der Waals surface area contributed by atoms with Crippen LogP contribution in [-0.2, 0) is 0 Å². The summed E-state index contributed by atoms with van der Waals surface area (Å²) in [4.78, 5) is 11.9. The van der Waals surface area contributed by atoms with Crippen LogP contribution in [0.3, 0.4) is 0 Å². The van der Waals surface area contributed by atoms with Crippen molar-refractivity contribution in [3.8, 4) is 17.2 Å². The van der Waals surface area contributed by atoms with Crippen molar-refractivity contribution in [2.45, 2.75) is 0 Å². The maximum absolute atomic E-state index is 11.9. The van der Waals surface area contributed by atoms with Gasteiger partial charge in [0.05, 0.1) is 25.5 Å². The molecular weight excluding hydrogens is 320 g/mol. The molecule has 2 N–H and O–H groups in total. The Kier molecular flexibility index (Phi) is 5.43. The number of hydrogen-bond acceptors (Lipinski definition) is 5. The van der Waals surface area contributed by atoms with Crippen LogP contribution in [-0.4, -0.2) is 31.4 Å². The number of halogens is 1. The first-order valence-corrected chi connectivity index (χ1v) is 6.97. The third-order valence-corrected chi connectivity index (χ3v) is 3.22. The molecule has 0 fully saturated rings. The van der Waals surface area contributed by atoms with Crippen LogP contribution in [0.25, 0.3) is 0 Å². The number of aromatic hydroxyl groups is 1. The molecule has 0 saturated heterocycles. The second-order valence-corrected chi connectivity index (χ2v) is 4.89. The van der Waals surface area contributed by atoms with Crippen molar-refractivity contribution in [3.05, 3.63) is 52.5 Å². The average Bonchev–Trinajstić information content (AvgIpc) is 2.54. The number of methoxy groups -OCH3 is 2. The maximum atomic E-state index is 11.9. The molecule has 6 nitrogen and oxygen atoms in total. The van der Waals surface area contributed by atoms with Gasteiger partial charge in [-0.2, -0.15) is 5.10 Å². The fourth-order valence-electron chi connectivity index (χ4n) is 1.89. The van der Waals surface area contributed by atoms with E-state index in [4.69, 9.17) is 21.1 Å². The molecule has 0 unspecified atom stereocenters. The monoisotopic (exact) mass is 334 g/mol. The van der Waals surface area contributed by atoms with Gasteiger partial charge < -0.3 is 14.6 Å². The van der Waals surface area contributed by atoms with Crippen molar-refractivity contribution in [1.29, 1.82) is 0 Å². The fraction of sp³-hybridized carbons (Fsp3) is 0.125. The minimum atomic E-state index is -0.441. The first-order valence-electron chi connectivity index (χ1n) is 6.59. The lowest BCUT2D eigenvalue weighted by Crippen LogP contribution is -2.17. The number of rotatable bonds is 5. The highest BCUT2D eigenvalue weighted by atomic mass is 35.5. The van der Waals surface area contributed by atoms with Gasteiger partial charge in [-0.3, -0.25) is 4.79 Å². The van der Waals surface area contributed by atoms with Crippen molar-refractivity contribution in [2.24, 2.45) is 5.10 Å². The van der Waals surface area contributed by atoms with Crippen LogP contribution in [0.1, 0.15) is 15.9 Å². The molecule has 120 valence electrons. The molecule has 0 aliphatic heterocycles. The topological polar surface area (TPSA) is 80.2 Å². The summed E-state index contributed by atoms with van der Waals surface area (Å²) >= 11 is 6.09. The minimum Gasteiger partial charge on any atom is -0.508 e. The van der Waals surface area contributed by atoms with Crippen LogP contribution in [0.4, 0.5) is 0 Å². The number of benzene rings is 2. The number of amides is 1. The number of nitrogens with one attached hydrogen (secondary N) is 1. The van der Waals surface area contributed by atoms with Crippen molar-refractivity contribution in [1.82, 2.24) is 5.43 Å². The fourth-order valence-corrected chi connectivity index (χ4v) is 2.19. The van der Waals surface area contributed by atoms with E-state index in [-0.39, 0.29) is 5.75 Å². The Balaban J connectivity index is 2.11. The highest BCUT2D eigenvalue weighted by Crippen LogP contribution is 2.35. The number of hydrogen-bond donors (Lipinski definition) is 2. The van der Waals surface area contributed by atoms with E-state index in [1.54, 1.807) is 24.3 Å². The zero-order chi connectivity index (χ0) is 16.8. The van der Waals surface area contributed by atoms with E-state index >= 15 is 0 Å². The summed E-state index contributed by atoms with van der Waals surface area (Å²) < 4.78 is 10.3. The molecule has 0 spiro atoms. The molecule has 0 bridgehead atoms. The number of carbonyl (C=O) groups excluding carboxylic acids is 1. The molecule has 1 amide bonds. The second kappa shape index (κ2) is 7.51. The molecule has 0 radical (unpaired) electrons. The summed E-state index contributed by atoms with van der Waals surface area (Å²) in [6.07, 6.45) is 1.43. The smallest absolute Gasteiger partial charge is 0.271 e. The van der Waals surface area contributed by atoms with Gasteiger partial charge in [-0.1, -0.05) is 17.7 Å². The van der Waals surface area contributed by atoms with Crippen LogP contribution < -0.4 is 14.9 Å². The number of nitrogens with zero attached hydrogens (tertiary/aromatic N) is 1. The number of carbonyl (C=O) groups is 1. The van der Waals surface area contributed by atoms with Gasteiger partial charge in [0.25, 0.3) is 5.91 Å². The van der Waals surface area contributed by atoms with Crippen LogP contribution in [0, 0.1) is 0 Å². The Morgan fingerprint density at radius 2 is 2.04 bits per heavy atom. The van der Waals surface area contributed by atoms with Gasteiger partial charge in [0.1, 0.15) is 5.75 Å². The van der Waals surface area contributed by atoms with E-state index in [1.807, 2.05) is 0 Å². The molecule has 2 aromatic carbocycles. The van der Waals surface area contributed by atoms with E-state index in [0.29, 0.717) is 27.6 Å². The predicted molar refractivity (Wildman–Crippen MR) is 87.7 cm³/mol. The van der Waals surface area contributed by atoms with Crippen LogP contribution >= 0.6 is 11.6 Å². The number of ether oxygens (including phenoxy) is 2. The Bertz CT molecular complexity index is 747. The Morgan fingerprint density at radius 1 is 1.26 bits per heavy atom. The average molecular weight is 335 g/mol. The van der Waals surface area contributed by atoms with Crippen molar-refractivity contribution < 1.29 is 19.4 Å². The Hall–Kier alpha value is -2.73. The molecule has 23 heavy (non-hydrogen) atoms. The van der Waals surface area contributed by atoms with Gasteiger partial charge in [-0.15, -0.1) is 0 Å². The molecule has 2 rings (SSSR count). The molecule has 0 aliphatic carbocycles. The quantitative estimate of drug-likeness (QED) is 0.651. The molecule has 2 aromatic rings. The molecule has 0 atom stereocenters. The second-order valence-electron chi connectivity index (χ2n) is 4.49. The number of phenolic OH excluding ortho intramolecular Hbond substituents is 1. The van der Waals surface area contributed by atoms with Crippen LogP contribution in [0.2, 0.25) is 5.02 Å². The van der Waals surface area contributed by atoms with Crippen molar-refractivity contribution in [2.75, 3.05) is 14.2 Å². The largest absolute Gasteiger partial charge is 0.508 e. The molecular formula is C16H15ClN2O4. The molecule has 0 heterocycles. The van der Waals surface area contributed by atoms with E-state index in [2.05, 4.69) is 10.5 Å². The Labute approximate surface area is 138 Å². The first-order chi connectivity index (χ1) is 11.0. The van der Waals surface area contributed by atoms with E-state index in [0.717, 1.165) is 0 Å². The van der Waals surface area contributed by atoms with Gasteiger partial charge in [-0.25, -0.2) is 5.43 Å². The molecule has 0 aliphatic rings. The lowest BCUT2D eigenvalue weighted by Gasteiger charge is -2.09. The molecule has 0 aromatic heterocycles. The summed E-state index contributed by atoms with van der Waals surface area (Å²) in [5.74, 6) is 0.452. The normalized spacial score (nSPS) is 10.6. The van der Waals surface area contributed by atoms with Gasteiger partial charge >= 0.3 is 0 Å². The molecule has 7 heteroatoms. The van der Waals surface area contributed by atoms with E-state index in [1.165, 1.54) is 32.6 Å². The first kappa shape index (κ1) is 16.6. The van der Waals surface area contributed by atoms with Gasteiger partial charge in [-0.05, 0) is 35.9 Å². The maximum Gasteiger partial charge on any atom is 0.271 e. The summed E-state index contributed by atoms with van der Waals surface area (Å²) in [5, 5.41) is 13.6. The van der Waals surface area contributed by atoms with Gasteiger partial charge in [0, 0.05) is 5.56 Å². The lowest BCUT2D eigenvalue weighted by atomic mass is 10.2. The third-order valence-electron chi connectivity index (χ3n) is 2.94. The zero-order valence-corrected chi connectivity index (χ0v) is 13.3. The lowest BCUT2D eigenvalue weighted by molar-refractivity contribution is 0.0954. The summed E-state index contributed by atoms with van der Waals surface area (Å²) in [5.41, 5.74) is 3.29. The van der Waals surface area contributed by atoms with Crippen LogP contribution in [0.5, 0.6) is 17.2 Å². The SMILES string of the molecule is COc1cc(C=NNC(=O)c2cccc(O)c2)cc(Cl)c1OC. The van der Waals surface area contributed by atoms with Crippen molar-refractivity contribution in [3.63, 3.8) is 0 Å². The van der Waals surface area contributed by atoms with E-state index in [9.17, 15) is 9.90 Å². The number of phenols is 1. The van der Waals surface area contributed by atoms with Gasteiger partial charge in [0.15, 0.2) is 11.5 Å². The summed E-state index contributed by atoms with van der Waals surface area (Å²) in [6.45, 7) is 0. The van der Waals surface area contributed by atoms with Crippen LogP contribution in [0.15, 0.2) is 41.5 Å². The minimum absolute atomic E-state index is 0.00769. The third kappa shape index (κ3) is 4.14. The Morgan fingerprint density at radius 3 is 2.70 bits per heavy atom. The predicted octanol–water partition coefficient (Wildman–Crippen LogP) is 2.83. The number of hydrazone groups is 1. The highest BCUT2D eigenvalue weighted by molar-refractivity contribution is 6.32. The zero-order valence-electron chi connectivity index (χ0n) is 12.5. The summed E-state index contributed by atoms with van der Waals surface area (Å²) in [7, 11) is 2.99. The van der Waals surface area contributed by atoms with E-state index < -0.39 is 5.91 Å². The summed E-state index contributed by atoms with van der Waals surface area (Å²) in [6, 6.07) is 9.27.